The fraction of sp³-hybridized carbons (Fsp3) is 0.0588. The highest BCUT2D eigenvalue weighted by atomic mass is 79.9. The number of carbonyl (C=O) groups is 1. The summed E-state index contributed by atoms with van der Waals surface area (Å²) in [5.74, 6) is -0.783. The van der Waals surface area contributed by atoms with Gasteiger partial charge in [0.2, 0.25) is 5.90 Å². The number of rotatable bonds is 2. The van der Waals surface area contributed by atoms with Crippen LogP contribution < -0.4 is 0 Å². The van der Waals surface area contributed by atoms with Crippen LogP contribution in [0.2, 0.25) is 0 Å². The number of nitrogens with zero attached hydrogens (tertiary/aromatic N) is 1. The van der Waals surface area contributed by atoms with Gasteiger partial charge in [-0.3, -0.25) is 0 Å². The van der Waals surface area contributed by atoms with Crippen molar-refractivity contribution in [1.82, 2.24) is 0 Å². The maximum Gasteiger partial charge on any atom is 0.363 e. The van der Waals surface area contributed by atoms with Gasteiger partial charge in [-0.25, -0.2) is 14.2 Å². The van der Waals surface area contributed by atoms with Gasteiger partial charge in [0.25, 0.3) is 0 Å². The van der Waals surface area contributed by atoms with Crippen molar-refractivity contribution >= 4 is 33.9 Å². The van der Waals surface area contributed by atoms with E-state index in [2.05, 4.69) is 20.9 Å². The third-order valence-corrected chi connectivity index (χ3v) is 3.63. The molecule has 5 heteroatoms. The smallest absolute Gasteiger partial charge is 0.363 e. The molecular formula is C17H11BrFNO2. The number of cyclic esters (lactones) is 1. The van der Waals surface area contributed by atoms with E-state index in [1.807, 2.05) is 31.2 Å². The number of carbonyl (C=O) groups excluding carboxylic acids is 1. The monoisotopic (exact) mass is 359 g/mol. The summed E-state index contributed by atoms with van der Waals surface area (Å²) in [6.07, 6.45) is 1.38. The van der Waals surface area contributed by atoms with Crippen molar-refractivity contribution in [3.8, 4) is 0 Å². The van der Waals surface area contributed by atoms with Gasteiger partial charge in [-0.2, -0.15) is 0 Å². The largest absolute Gasteiger partial charge is 0.402 e. The van der Waals surface area contributed by atoms with Crippen molar-refractivity contribution in [2.45, 2.75) is 6.92 Å². The van der Waals surface area contributed by atoms with E-state index >= 15 is 0 Å². The molecule has 3 nitrogen and oxygen atoms in total. The predicted octanol–water partition coefficient (Wildman–Crippen LogP) is 4.24. The maximum atomic E-state index is 13.8. The molecule has 1 aliphatic heterocycles. The molecule has 1 heterocycles. The van der Waals surface area contributed by atoms with Crippen molar-refractivity contribution in [1.29, 1.82) is 0 Å². The lowest BCUT2D eigenvalue weighted by Crippen LogP contribution is -2.05. The molecule has 2 aromatic rings. The third kappa shape index (κ3) is 2.99. The lowest BCUT2D eigenvalue weighted by Gasteiger charge is -1.99. The minimum Gasteiger partial charge on any atom is -0.402 e. The van der Waals surface area contributed by atoms with Gasteiger partial charge in [0, 0.05) is 15.6 Å². The first-order valence-electron chi connectivity index (χ1n) is 6.57. The molecule has 0 unspecified atom stereocenters. The second kappa shape index (κ2) is 5.85. The molecule has 0 atom stereocenters. The van der Waals surface area contributed by atoms with E-state index in [4.69, 9.17) is 4.74 Å². The zero-order valence-electron chi connectivity index (χ0n) is 11.6. The molecule has 0 fully saturated rings. The number of halogens is 2. The van der Waals surface area contributed by atoms with Crippen LogP contribution in [0, 0.1) is 12.7 Å². The summed E-state index contributed by atoms with van der Waals surface area (Å²) < 4.78 is 19.6. The molecule has 0 aromatic heterocycles. The molecule has 0 saturated heterocycles. The minimum absolute atomic E-state index is 0.0773. The Balaban J connectivity index is 1.99. The van der Waals surface area contributed by atoms with Crippen LogP contribution in [0.25, 0.3) is 6.08 Å². The molecule has 0 aliphatic carbocycles. The molecule has 22 heavy (non-hydrogen) atoms. The van der Waals surface area contributed by atoms with E-state index in [9.17, 15) is 9.18 Å². The summed E-state index contributed by atoms with van der Waals surface area (Å²) in [5, 5.41) is 0. The molecule has 0 bridgehead atoms. The van der Waals surface area contributed by atoms with Gasteiger partial charge in [-0.1, -0.05) is 33.6 Å². The van der Waals surface area contributed by atoms with Gasteiger partial charge in [0.15, 0.2) is 5.70 Å². The number of hydrogen-bond acceptors (Lipinski definition) is 3. The summed E-state index contributed by atoms with van der Waals surface area (Å²) in [4.78, 5) is 16.1. The van der Waals surface area contributed by atoms with Gasteiger partial charge in [-0.05, 0) is 43.3 Å². The van der Waals surface area contributed by atoms with Crippen LogP contribution in [0.1, 0.15) is 16.7 Å². The highest BCUT2D eigenvalue weighted by molar-refractivity contribution is 9.10. The molecule has 0 saturated carbocycles. The van der Waals surface area contributed by atoms with Crippen LogP contribution in [0.5, 0.6) is 0 Å². The Kier molecular flexibility index (Phi) is 3.90. The number of aliphatic imine (C=N–C) groups is 1. The molecule has 0 spiro atoms. The normalized spacial score (nSPS) is 15.9. The van der Waals surface area contributed by atoms with Crippen LogP contribution in [0.4, 0.5) is 4.39 Å². The zero-order valence-corrected chi connectivity index (χ0v) is 13.2. The molecule has 2 aromatic carbocycles. The molecule has 110 valence electrons. The predicted molar refractivity (Wildman–Crippen MR) is 85.9 cm³/mol. The average Bonchev–Trinajstić information content (AvgIpc) is 2.84. The van der Waals surface area contributed by atoms with E-state index in [1.165, 1.54) is 12.1 Å². The minimum atomic E-state index is -0.587. The Morgan fingerprint density at radius 3 is 2.82 bits per heavy atom. The summed E-state index contributed by atoms with van der Waals surface area (Å²) >= 11 is 3.27. The second-order valence-electron chi connectivity index (χ2n) is 4.87. The van der Waals surface area contributed by atoms with Crippen molar-refractivity contribution in [2.24, 2.45) is 4.99 Å². The molecule has 3 rings (SSSR count). The van der Waals surface area contributed by atoms with Crippen LogP contribution in [-0.2, 0) is 9.53 Å². The van der Waals surface area contributed by atoms with Crippen molar-refractivity contribution in [2.75, 3.05) is 0 Å². The van der Waals surface area contributed by atoms with E-state index < -0.39 is 11.8 Å². The van der Waals surface area contributed by atoms with Crippen molar-refractivity contribution in [3.05, 3.63) is 75.1 Å². The summed E-state index contributed by atoms with van der Waals surface area (Å²) in [7, 11) is 0. The molecule has 0 amide bonds. The number of esters is 1. The van der Waals surface area contributed by atoms with Gasteiger partial charge in [-0.15, -0.1) is 0 Å². The number of hydrogen-bond donors (Lipinski definition) is 0. The Morgan fingerprint density at radius 2 is 2.05 bits per heavy atom. The van der Waals surface area contributed by atoms with E-state index in [1.54, 1.807) is 12.1 Å². The van der Waals surface area contributed by atoms with Gasteiger partial charge in [0.05, 0.1) is 0 Å². The average molecular weight is 360 g/mol. The fourth-order valence-electron chi connectivity index (χ4n) is 2.08. The van der Waals surface area contributed by atoms with Crippen LogP contribution in [-0.4, -0.2) is 11.9 Å². The lowest BCUT2D eigenvalue weighted by molar-refractivity contribution is -0.129. The number of benzene rings is 2. The Morgan fingerprint density at radius 1 is 1.23 bits per heavy atom. The molecule has 0 N–H and O–H groups in total. The topological polar surface area (TPSA) is 38.7 Å². The van der Waals surface area contributed by atoms with Crippen molar-refractivity contribution < 1.29 is 13.9 Å². The first kappa shape index (κ1) is 14.7. The van der Waals surface area contributed by atoms with E-state index in [0.29, 0.717) is 5.56 Å². The standard InChI is InChI=1S/C17H11BrFNO2/c1-10-3-2-4-11(7-10)16-20-15(17(21)22-16)9-12-8-13(18)5-6-14(12)19/h2-9H,1H3. The van der Waals surface area contributed by atoms with Crippen LogP contribution in [0.3, 0.4) is 0 Å². The Bertz CT molecular complexity index is 827. The molecule has 0 radical (unpaired) electrons. The highest BCUT2D eigenvalue weighted by Crippen LogP contribution is 2.22. The zero-order chi connectivity index (χ0) is 15.7. The Labute approximate surface area is 135 Å². The van der Waals surface area contributed by atoms with Gasteiger partial charge >= 0.3 is 5.97 Å². The molecular weight excluding hydrogens is 349 g/mol. The van der Waals surface area contributed by atoms with Crippen LogP contribution >= 0.6 is 15.9 Å². The van der Waals surface area contributed by atoms with E-state index in [0.717, 1.165) is 10.0 Å². The highest BCUT2D eigenvalue weighted by Gasteiger charge is 2.24. The summed E-state index contributed by atoms with van der Waals surface area (Å²) in [6.45, 7) is 1.94. The summed E-state index contributed by atoms with van der Waals surface area (Å²) in [5.41, 5.74) is 2.10. The first-order chi connectivity index (χ1) is 10.5. The van der Waals surface area contributed by atoms with Gasteiger partial charge in [0.1, 0.15) is 5.82 Å². The second-order valence-corrected chi connectivity index (χ2v) is 5.79. The number of ether oxygens (including phenoxy) is 1. The number of aryl methyl sites for hydroxylation is 1. The quantitative estimate of drug-likeness (QED) is 0.594. The SMILES string of the molecule is Cc1cccc(C2=NC(=Cc3cc(Br)ccc3F)C(=O)O2)c1. The van der Waals surface area contributed by atoms with Crippen molar-refractivity contribution in [3.63, 3.8) is 0 Å². The lowest BCUT2D eigenvalue weighted by atomic mass is 10.1. The van der Waals surface area contributed by atoms with Gasteiger partial charge < -0.3 is 4.74 Å². The van der Waals surface area contributed by atoms with Crippen LogP contribution in [0.15, 0.2) is 57.6 Å². The first-order valence-corrected chi connectivity index (χ1v) is 7.37. The molecule has 1 aliphatic rings. The fourth-order valence-corrected chi connectivity index (χ4v) is 2.46. The maximum absolute atomic E-state index is 13.8. The van der Waals surface area contributed by atoms with E-state index in [-0.39, 0.29) is 17.2 Å². The summed E-state index contributed by atoms with van der Waals surface area (Å²) in [6, 6.07) is 12.0. The Hall–Kier alpha value is -2.27. The third-order valence-electron chi connectivity index (χ3n) is 3.14.